The van der Waals surface area contributed by atoms with E-state index in [4.69, 9.17) is 9.84 Å². The van der Waals surface area contributed by atoms with Gasteiger partial charge in [-0.05, 0) is 23.6 Å². The molecule has 1 aromatic carbocycles. The maximum atomic E-state index is 12.2. The molecular formula is C14H21NO5S. The van der Waals surface area contributed by atoms with Gasteiger partial charge >= 0.3 is 5.97 Å². The number of rotatable bonds is 8. The molecule has 0 aliphatic carbocycles. The summed E-state index contributed by atoms with van der Waals surface area (Å²) in [6, 6.07) is 5.59. The molecule has 0 spiro atoms. The lowest BCUT2D eigenvalue weighted by molar-refractivity contribution is 0.0696. The molecule has 6 nitrogen and oxygen atoms in total. The van der Waals surface area contributed by atoms with Crippen LogP contribution in [0.25, 0.3) is 0 Å². The van der Waals surface area contributed by atoms with Gasteiger partial charge in [0, 0.05) is 13.2 Å². The first kappa shape index (κ1) is 17.6. The summed E-state index contributed by atoms with van der Waals surface area (Å²) < 4.78 is 31.9. The van der Waals surface area contributed by atoms with E-state index in [1.54, 1.807) is 6.07 Å². The second kappa shape index (κ2) is 7.53. The molecule has 0 fully saturated rings. The Hall–Kier alpha value is -1.44. The topological polar surface area (TPSA) is 92.7 Å². The number of ether oxygens (including phenoxy) is 1. The predicted molar refractivity (Wildman–Crippen MR) is 79.7 cm³/mol. The molecule has 1 rings (SSSR count). The van der Waals surface area contributed by atoms with Crippen LogP contribution in [0.4, 0.5) is 0 Å². The van der Waals surface area contributed by atoms with Crippen molar-refractivity contribution < 1.29 is 23.1 Å². The van der Waals surface area contributed by atoms with Crippen molar-refractivity contribution >= 4 is 16.0 Å². The lowest BCUT2D eigenvalue weighted by Crippen LogP contribution is -2.42. The van der Waals surface area contributed by atoms with Crippen molar-refractivity contribution in [3.8, 4) is 0 Å². The Balaban J connectivity index is 2.84. The van der Waals surface area contributed by atoms with Crippen molar-refractivity contribution in [2.75, 3.05) is 13.7 Å². The molecule has 2 N–H and O–H groups in total. The average molecular weight is 315 g/mol. The molecule has 1 atom stereocenters. The van der Waals surface area contributed by atoms with Gasteiger partial charge in [-0.1, -0.05) is 26.0 Å². The minimum absolute atomic E-state index is 0.0694. The molecule has 0 saturated carbocycles. The van der Waals surface area contributed by atoms with E-state index in [2.05, 4.69) is 4.72 Å². The van der Waals surface area contributed by atoms with Gasteiger partial charge in [0.15, 0.2) is 0 Å². The summed E-state index contributed by atoms with van der Waals surface area (Å²) in [4.78, 5) is 10.9. The summed E-state index contributed by atoms with van der Waals surface area (Å²) in [6.45, 7) is 4.08. The van der Waals surface area contributed by atoms with E-state index < -0.39 is 16.0 Å². The van der Waals surface area contributed by atoms with Crippen molar-refractivity contribution in [1.29, 1.82) is 0 Å². The Kier molecular flexibility index (Phi) is 6.32. The fraction of sp³-hybridized carbons (Fsp3) is 0.500. The summed E-state index contributed by atoms with van der Waals surface area (Å²) in [5.41, 5.74) is 0.502. The number of benzene rings is 1. The maximum Gasteiger partial charge on any atom is 0.335 e. The lowest BCUT2D eigenvalue weighted by atomic mass is 10.1. The zero-order valence-corrected chi connectivity index (χ0v) is 13.2. The Morgan fingerprint density at radius 2 is 2.05 bits per heavy atom. The normalized spacial score (nSPS) is 13.3. The van der Waals surface area contributed by atoms with Crippen LogP contribution in [0.2, 0.25) is 0 Å². The molecule has 0 bridgehead atoms. The van der Waals surface area contributed by atoms with Crippen LogP contribution in [-0.2, 0) is 20.5 Å². The van der Waals surface area contributed by atoms with Gasteiger partial charge in [0.1, 0.15) is 0 Å². The van der Waals surface area contributed by atoms with E-state index in [0.717, 1.165) is 0 Å². The summed E-state index contributed by atoms with van der Waals surface area (Å²) >= 11 is 0. The molecule has 0 aliphatic heterocycles. The highest BCUT2D eigenvalue weighted by Crippen LogP contribution is 2.11. The number of aromatic carboxylic acids is 1. The molecule has 0 aromatic heterocycles. The van der Waals surface area contributed by atoms with Crippen LogP contribution in [0.3, 0.4) is 0 Å². The number of sulfonamides is 1. The number of carboxylic acids is 1. The van der Waals surface area contributed by atoms with E-state index in [9.17, 15) is 13.2 Å². The van der Waals surface area contributed by atoms with Gasteiger partial charge in [-0.15, -0.1) is 0 Å². The van der Waals surface area contributed by atoms with Crippen molar-refractivity contribution in [1.82, 2.24) is 4.72 Å². The monoisotopic (exact) mass is 315 g/mol. The number of nitrogens with one attached hydrogen (secondary N) is 1. The second-order valence-corrected chi connectivity index (χ2v) is 6.94. The second-order valence-electron chi connectivity index (χ2n) is 5.19. The standard InChI is InChI=1S/C14H21NO5S/c1-10(2)13(8-20-3)15-21(18,19)9-11-5-4-6-12(7-11)14(16)17/h4-7,10,13,15H,8-9H2,1-3H3,(H,16,17). The number of hydrogen-bond acceptors (Lipinski definition) is 4. The Morgan fingerprint density at radius 1 is 1.38 bits per heavy atom. The van der Waals surface area contributed by atoms with Gasteiger partial charge in [0.05, 0.1) is 17.9 Å². The molecule has 21 heavy (non-hydrogen) atoms. The van der Waals surface area contributed by atoms with Crippen molar-refractivity contribution in [2.45, 2.75) is 25.6 Å². The summed E-state index contributed by atoms with van der Waals surface area (Å²) in [5, 5.41) is 8.91. The summed E-state index contributed by atoms with van der Waals surface area (Å²) in [6.07, 6.45) is 0. The molecule has 0 radical (unpaired) electrons. The minimum atomic E-state index is -3.57. The van der Waals surface area contributed by atoms with E-state index in [-0.39, 0.29) is 29.9 Å². The van der Waals surface area contributed by atoms with Gasteiger partial charge in [-0.3, -0.25) is 0 Å². The van der Waals surface area contributed by atoms with Crippen LogP contribution in [-0.4, -0.2) is 39.3 Å². The first-order chi connectivity index (χ1) is 9.75. The van der Waals surface area contributed by atoms with E-state index in [1.165, 1.54) is 25.3 Å². The first-order valence-electron chi connectivity index (χ1n) is 6.56. The highest BCUT2D eigenvalue weighted by atomic mass is 32.2. The van der Waals surface area contributed by atoms with Gasteiger partial charge in [-0.25, -0.2) is 17.9 Å². The Bertz CT molecular complexity index is 583. The number of carbonyl (C=O) groups is 1. The van der Waals surface area contributed by atoms with Crippen LogP contribution < -0.4 is 4.72 Å². The molecule has 1 unspecified atom stereocenters. The van der Waals surface area contributed by atoms with Crippen molar-refractivity contribution in [2.24, 2.45) is 5.92 Å². The maximum absolute atomic E-state index is 12.2. The van der Waals surface area contributed by atoms with Crippen LogP contribution in [0.5, 0.6) is 0 Å². The highest BCUT2D eigenvalue weighted by Gasteiger charge is 2.21. The SMILES string of the molecule is COCC(NS(=O)(=O)Cc1cccc(C(=O)O)c1)C(C)C. The number of methoxy groups -OCH3 is 1. The van der Waals surface area contributed by atoms with Crippen molar-refractivity contribution in [3.05, 3.63) is 35.4 Å². The zero-order valence-electron chi connectivity index (χ0n) is 12.4. The Labute approximate surface area is 125 Å². The number of hydrogen-bond donors (Lipinski definition) is 2. The Morgan fingerprint density at radius 3 is 2.57 bits per heavy atom. The third-order valence-electron chi connectivity index (χ3n) is 3.01. The molecule has 0 saturated heterocycles. The van der Waals surface area contributed by atoms with E-state index >= 15 is 0 Å². The predicted octanol–water partition coefficient (Wildman–Crippen LogP) is 1.48. The van der Waals surface area contributed by atoms with Crippen LogP contribution in [0.1, 0.15) is 29.8 Å². The molecular weight excluding hydrogens is 294 g/mol. The average Bonchev–Trinajstić information content (AvgIpc) is 2.37. The molecule has 0 amide bonds. The van der Waals surface area contributed by atoms with Crippen LogP contribution in [0, 0.1) is 5.92 Å². The fourth-order valence-corrected chi connectivity index (χ4v) is 3.33. The smallest absolute Gasteiger partial charge is 0.335 e. The summed E-state index contributed by atoms with van der Waals surface area (Å²) in [5.74, 6) is -1.26. The zero-order chi connectivity index (χ0) is 16.0. The van der Waals surface area contributed by atoms with E-state index in [1.807, 2.05) is 13.8 Å². The quantitative estimate of drug-likeness (QED) is 0.758. The molecule has 0 heterocycles. The highest BCUT2D eigenvalue weighted by molar-refractivity contribution is 7.88. The lowest BCUT2D eigenvalue weighted by Gasteiger charge is -2.21. The fourth-order valence-electron chi connectivity index (χ4n) is 1.83. The number of carboxylic acid groups (broad SMARTS) is 1. The van der Waals surface area contributed by atoms with Gasteiger partial charge in [0.2, 0.25) is 10.0 Å². The third-order valence-corrected chi connectivity index (χ3v) is 4.39. The van der Waals surface area contributed by atoms with Crippen molar-refractivity contribution in [3.63, 3.8) is 0 Å². The molecule has 1 aromatic rings. The third kappa shape index (κ3) is 5.82. The molecule has 118 valence electrons. The van der Waals surface area contributed by atoms with Crippen LogP contribution in [0.15, 0.2) is 24.3 Å². The van der Waals surface area contributed by atoms with Gasteiger partial charge in [-0.2, -0.15) is 0 Å². The van der Waals surface area contributed by atoms with E-state index in [0.29, 0.717) is 5.56 Å². The van der Waals surface area contributed by atoms with Crippen LogP contribution >= 0.6 is 0 Å². The van der Waals surface area contributed by atoms with Gasteiger partial charge < -0.3 is 9.84 Å². The largest absolute Gasteiger partial charge is 0.478 e. The summed E-state index contributed by atoms with van der Waals surface area (Å²) in [7, 11) is -2.05. The molecule has 0 aliphatic rings. The molecule has 7 heteroatoms. The van der Waals surface area contributed by atoms with Gasteiger partial charge in [0.25, 0.3) is 0 Å². The first-order valence-corrected chi connectivity index (χ1v) is 8.21. The minimum Gasteiger partial charge on any atom is -0.478 e.